The molecule has 2 aliphatic heterocycles. The monoisotopic (exact) mass is 346 g/mol. The average Bonchev–Trinajstić information content (AvgIpc) is 2.96. The highest BCUT2D eigenvalue weighted by molar-refractivity contribution is 5.86. The molecule has 2 fully saturated rings. The van der Waals surface area contributed by atoms with Crippen molar-refractivity contribution in [2.24, 2.45) is 11.8 Å². The molecule has 0 aromatic heterocycles. The molecule has 25 heavy (non-hydrogen) atoms. The number of amides is 1. The summed E-state index contributed by atoms with van der Waals surface area (Å²) >= 11 is 0. The Morgan fingerprint density at radius 2 is 1.76 bits per heavy atom. The van der Waals surface area contributed by atoms with E-state index in [-0.39, 0.29) is 17.6 Å². The summed E-state index contributed by atoms with van der Waals surface area (Å²) < 4.78 is 13.4. The lowest BCUT2D eigenvalue weighted by Gasteiger charge is -2.41. The minimum absolute atomic E-state index is 0.0148. The van der Waals surface area contributed by atoms with Gasteiger partial charge in [-0.25, -0.2) is 4.39 Å². The standard InChI is InChI=1S/C19H23FN2O3/c20-13-1-4-17-12(11-13)5-10-22(17)14-6-8-21(9-7-14)18(23)15-2-3-16(15)19(24)25/h1,4,11,14-16H,2-3,5-10H2,(H,24,25)/t15-,16+/m0/s1. The normalized spacial score (nSPS) is 26.3. The number of fused-ring (bicyclic) bond motifs is 1. The summed E-state index contributed by atoms with van der Waals surface area (Å²) in [4.78, 5) is 27.9. The van der Waals surface area contributed by atoms with Crippen LogP contribution in [-0.2, 0) is 16.0 Å². The fourth-order valence-electron chi connectivity index (χ4n) is 4.50. The highest BCUT2D eigenvalue weighted by atomic mass is 19.1. The van der Waals surface area contributed by atoms with E-state index in [9.17, 15) is 14.0 Å². The summed E-state index contributed by atoms with van der Waals surface area (Å²) in [6.45, 7) is 2.26. The van der Waals surface area contributed by atoms with Gasteiger partial charge in [-0.3, -0.25) is 9.59 Å². The summed E-state index contributed by atoms with van der Waals surface area (Å²) in [5.41, 5.74) is 2.19. The highest BCUT2D eigenvalue weighted by Crippen LogP contribution is 2.37. The number of anilines is 1. The maximum atomic E-state index is 13.4. The van der Waals surface area contributed by atoms with Crippen molar-refractivity contribution in [3.63, 3.8) is 0 Å². The lowest BCUT2D eigenvalue weighted by atomic mass is 9.72. The average molecular weight is 346 g/mol. The van der Waals surface area contributed by atoms with Crippen LogP contribution in [0.4, 0.5) is 10.1 Å². The van der Waals surface area contributed by atoms with Gasteiger partial charge in [0.1, 0.15) is 5.82 Å². The smallest absolute Gasteiger partial charge is 0.307 e. The van der Waals surface area contributed by atoms with Gasteiger partial charge in [0.05, 0.1) is 11.8 Å². The number of carboxylic acid groups (broad SMARTS) is 1. The van der Waals surface area contributed by atoms with Crippen molar-refractivity contribution in [1.82, 2.24) is 4.90 Å². The van der Waals surface area contributed by atoms with Gasteiger partial charge in [-0.2, -0.15) is 0 Å². The third-order valence-corrected chi connectivity index (χ3v) is 6.10. The Morgan fingerprint density at radius 1 is 1.04 bits per heavy atom. The molecular weight excluding hydrogens is 323 g/mol. The van der Waals surface area contributed by atoms with Crippen LogP contribution < -0.4 is 4.90 Å². The van der Waals surface area contributed by atoms with Gasteiger partial charge in [-0.05, 0) is 55.9 Å². The molecule has 0 bridgehead atoms. The van der Waals surface area contributed by atoms with E-state index in [1.165, 1.54) is 6.07 Å². The maximum absolute atomic E-state index is 13.4. The molecule has 2 atom stereocenters. The van der Waals surface area contributed by atoms with E-state index < -0.39 is 11.9 Å². The summed E-state index contributed by atoms with van der Waals surface area (Å²) in [7, 11) is 0. The van der Waals surface area contributed by atoms with Crippen LogP contribution in [0.2, 0.25) is 0 Å². The van der Waals surface area contributed by atoms with Gasteiger partial charge < -0.3 is 14.9 Å². The van der Waals surface area contributed by atoms with Gasteiger partial charge in [0.25, 0.3) is 0 Å². The van der Waals surface area contributed by atoms with Crippen LogP contribution in [-0.4, -0.2) is 47.6 Å². The Hall–Kier alpha value is -2.11. The quantitative estimate of drug-likeness (QED) is 0.912. The molecule has 2 heterocycles. The minimum atomic E-state index is -0.847. The second kappa shape index (κ2) is 6.32. The molecule has 1 saturated carbocycles. The first-order valence-corrected chi connectivity index (χ1v) is 9.11. The van der Waals surface area contributed by atoms with Gasteiger partial charge in [0.15, 0.2) is 0 Å². The van der Waals surface area contributed by atoms with Gasteiger partial charge in [0, 0.05) is 31.4 Å². The van der Waals surface area contributed by atoms with Crippen LogP contribution >= 0.6 is 0 Å². The minimum Gasteiger partial charge on any atom is -0.481 e. The Kier molecular flexibility index (Phi) is 4.13. The number of nitrogens with zero attached hydrogens (tertiary/aromatic N) is 2. The van der Waals surface area contributed by atoms with E-state index in [4.69, 9.17) is 5.11 Å². The Balaban J connectivity index is 1.37. The predicted octanol–water partition coefficient (Wildman–Crippen LogP) is 2.29. The lowest BCUT2D eigenvalue weighted by Crippen LogP contribution is -2.51. The summed E-state index contributed by atoms with van der Waals surface area (Å²) in [5, 5.41) is 9.14. The molecule has 0 radical (unpaired) electrons. The van der Waals surface area contributed by atoms with Gasteiger partial charge >= 0.3 is 5.97 Å². The van der Waals surface area contributed by atoms with Crippen molar-refractivity contribution in [1.29, 1.82) is 0 Å². The molecule has 6 heteroatoms. The van der Waals surface area contributed by atoms with Crippen molar-refractivity contribution < 1.29 is 19.1 Å². The Labute approximate surface area is 146 Å². The van der Waals surface area contributed by atoms with Crippen molar-refractivity contribution in [3.8, 4) is 0 Å². The van der Waals surface area contributed by atoms with Crippen molar-refractivity contribution in [2.45, 2.75) is 38.1 Å². The molecule has 1 N–H and O–H groups in total. The van der Waals surface area contributed by atoms with Crippen LogP contribution in [0.1, 0.15) is 31.2 Å². The third-order valence-electron chi connectivity index (χ3n) is 6.10. The Bertz CT molecular complexity index is 700. The van der Waals surface area contributed by atoms with E-state index in [0.717, 1.165) is 37.1 Å². The number of carbonyl (C=O) groups is 2. The van der Waals surface area contributed by atoms with Crippen molar-refractivity contribution in [3.05, 3.63) is 29.6 Å². The summed E-state index contributed by atoms with van der Waals surface area (Å²) in [6.07, 6.45) is 3.94. The molecule has 1 aromatic rings. The largest absolute Gasteiger partial charge is 0.481 e. The molecule has 1 aliphatic carbocycles. The third kappa shape index (κ3) is 2.87. The molecule has 0 spiro atoms. The number of aliphatic carboxylic acids is 1. The fraction of sp³-hybridized carbons (Fsp3) is 0.579. The first kappa shape index (κ1) is 16.4. The maximum Gasteiger partial charge on any atom is 0.307 e. The van der Waals surface area contributed by atoms with Crippen LogP contribution in [0.3, 0.4) is 0 Å². The first-order valence-electron chi connectivity index (χ1n) is 9.11. The molecule has 0 unspecified atom stereocenters. The molecule has 1 saturated heterocycles. The van der Waals surface area contributed by atoms with E-state index in [1.54, 1.807) is 6.07 Å². The van der Waals surface area contributed by atoms with Crippen LogP contribution in [0.5, 0.6) is 0 Å². The number of piperidine rings is 1. The number of carbonyl (C=O) groups excluding carboxylic acids is 1. The molecule has 4 rings (SSSR count). The van der Waals surface area contributed by atoms with Crippen LogP contribution in [0.25, 0.3) is 0 Å². The number of rotatable bonds is 3. The predicted molar refractivity (Wildman–Crippen MR) is 90.9 cm³/mol. The van der Waals surface area contributed by atoms with E-state index in [2.05, 4.69) is 4.90 Å². The molecule has 1 aromatic carbocycles. The number of hydrogen-bond acceptors (Lipinski definition) is 3. The molecular formula is C19H23FN2O3. The number of likely N-dealkylation sites (tertiary alicyclic amines) is 1. The second-order valence-electron chi connectivity index (χ2n) is 7.40. The summed E-state index contributed by atoms with van der Waals surface area (Å²) in [5.74, 6) is -1.84. The zero-order valence-corrected chi connectivity index (χ0v) is 14.2. The highest BCUT2D eigenvalue weighted by Gasteiger charge is 2.44. The summed E-state index contributed by atoms with van der Waals surface area (Å²) in [6, 6.07) is 5.36. The van der Waals surface area contributed by atoms with E-state index >= 15 is 0 Å². The molecule has 1 amide bonds. The zero-order valence-electron chi connectivity index (χ0n) is 14.2. The van der Waals surface area contributed by atoms with Gasteiger partial charge in [0.2, 0.25) is 5.91 Å². The SMILES string of the molecule is O=C(O)[C@@H]1CC[C@@H]1C(=O)N1CCC(N2CCc3cc(F)ccc32)CC1. The van der Waals surface area contributed by atoms with Crippen molar-refractivity contribution >= 4 is 17.6 Å². The number of carboxylic acids is 1. The number of halogens is 1. The number of hydrogen-bond donors (Lipinski definition) is 1. The lowest BCUT2D eigenvalue weighted by molar-refractivity contribution is -0.157. The van der Waals surface area contributed by atoms with Gasteiger partial charge in [-0.15, -0.1) is 0 Å². The fourth-order valence-corrected chi connectivity index (χ4v) is 4.50. The van der Waals surface area contributed by atoms with Crippen molar-refractivity contribution in [2.75, 3.05) is 24.5 Å². The Morgan fingerprint density at radius 3 is 2.40 bits per heavy atom. The molecule has 5 nitrogen and oxygen atoms in total. The van der Waals surface area contributed by atoms with E-state index in [0.29, 0.717) is 32.0 Å². The molecule has 134 valence electrons. The zero-order chi connectivity index (χ0) is 17.6. The molecule has 3 aliphatic rings. The number of benzene rings is 1. The first-order chi connectivity index (χ1) is 12.0. The second-order valence-corrected chi connectivity index (χ2v) is 7.40. The van der Waals surface area contributed by atoms with Gasteiger partial charge in [-0.1, -0.05) is 0 Å². The van der Waals surface area contributed by atoms with Crippen LogP contribution in [0.15, 0.2) is 18.2 Å². The topological polar surface area (TPSA) is 60.9 Å². The van der Waals surface area contributed by atoms with Crippen LogP contribution in [0, 0.1) is 17.7 Å². The van der Waals surface area contributed by atoms with E-state index in [1.807, 2.05) is 11.0 Å².